The topological polar surface area (TPSA) is 61.3 Å². The lowest BCUT2D eigenvalue weighted by Crippen LogP contribution is -2.10. The van der Waals surface area contributed by atoms with Gasteiger partial charge in [-0.05, 0) is 45.5 Å². The average molecular weight is 245 g/mol. The summed E-state index contributed by atoms with van der Waals surface area (Å²) in [7, 11) is 1.50. The molecule has 0 aromatic heterocycles. The molecule has 0 amide bonds. The number of halogens is 1. The molecule has 0 bridgehead atoms. The van der Waals surface area contributed by atoms with Gasteiger partial charge in [0.15, 0.2) is 0 Å². The fourth-order valence-electron chi connectivity index (χ4n) is 1.27. The Morgan fingerprint density at radius 2 is 1.94 bits per heavy atom. The molecule has 0 aliphatic heterocycles. The first-order chi connectivity index (χ1) is 7.65. The molecule has 1 aromatic carbocycles. The van der Waals surface area contributed by atoms with E-state index in [1.54, 1.807) is 0 Å². The van der Waals surface area contributed by atoms with Gasteiger partial charge >= 0.3 is 0 Å². The van der Waals surface area contributed by atoms with Crippen LogP contribution in [0.1, 0.15) is 19.4 Å². The van der Waals surface area contributed by atoms with Crippen LogP contribution in [0.5, 0.6) is 5.75 Å². The van der Waals surface area contributed by atoms with Crippen LogP contribution in [0.15, 0.2) is 18.2 Å². The van der Waals surface area contributed by atoms with Gasteiger partial charge < -0.3 is 16.2 Å². The van der Waals surface area contributed by atoms with Crippen molar-refractivity contribution in [1.29, 1.82) is 0 Å². The van der Waals surface area contributed by atoms with Gasteiger partial charge in [-0.2, -0.15) is 0 Å². The summed E-state index contributed by atoms with van der Waals surface area (Å²) in [4.78, 5) is 0. The van der Waals surface area contributed by atoms with E-state index in [2.05, 4.69) is 5.73 Å². The molecular formula is C12H21ClN2O. The summed E-state index contributed by atoms with van der Waals surface area (Å²) < 4.78 is 5.64. The zero-order valence-electron chi connectivity index (χ0n) is 10.2. The zero-order chi connectivity index (χ0) is 12.6. The number of ether oxygens (including phenoxy) is 1. The van der Waals surface area contributed by atoms with Crippen LogP contribution in [0, 0.1) is 0 Å². The standard InChI is InChI=1S/C11H16ClNO.CH5N/c1-8(2)14-11-9(6-7-13)4-3-5-10(11)12;1-2/h3-5,8H,6-7,13H2,1-2H3;2H2,1H3. The highest BCUT2D eigenvalue weighted by Crippen LogP contribution is 2.29. The first-order valence-electron chi connectivity index (χ1n) is 5.37. The van der Waals surface area contributed by atoms with E-state index in [0.29, 0.717) is 11.6 Å². The van der Waals surface area contributed by atoms with Crippen molar-refractivity contribution in [1.82, 2.24) is 0 Å². The highest BCUT2D eigenvalue weighted by molar-refractivity contribution is 6.32. The lowest BCUT2D eigenvalue weighted by atomic mass is 10.1. The van der Waals surface area contributed by atoms with Gasteiger partial charge in [0.2, 0.25) is 0 Å². The predicted molar refractivity (Wildman–Crippen MR) is 70.1 cm³/mol. The van der Waals surface area contributed by atoms with Crippen molar-refractivity contribution < 1.29 is 4.74 Å². The molecule has 0 saturated heterocycles. The zero-order valence-corrected chi connectivity index (χ0v) is 10.9. The molecule has 0 heterocycles. The Morgan fingerprint density at radius 3 is 2.44 bits per heavy atom. The van der Waals surface area contributed by atoms with Crippen molar-refractivity contribution in [3.63, 3.8) is 0 Å². The van der Waals surface area contributed by atoms with Crippen molar-refractivity contribution in [3.05, 3.63) is 28.8 Å². The average Bonchev–Trinajstić information content (AvgIpc) is 2.26. The molecule has 0 unspecified atom stereocenters. The van der Waals surface area contributed by atoms with E-state index in [9.17, 15) is 0 Å². The van der Waals surface area contributed by atoms with Gasteiger partial charge in [0.1, 0.15) is 5.75 Å². The van der Waals surface area contributed by atoms with Gasteiger partial charge in [0.25, 0.3) is 0 Å². The van der Waals surface area contributed by atoms with Crippen LogP contribution >= 0.6 is 11.6 Å². The second-order valence-electron chi connectivity index (χ2n) is 3.43. The predicted octanol–water partition coefficient (Wildman–Crippen LogP) is 2.20. The number of rotatable bonds is 4. The maximum absolute atomic E-state index is 6.04. The van der Waals surface area contributed by atoms with E-state index in [-0.39, 0.29) is 6.10 Å². The van der Waals surface area contributed by atoms with Gasteiger partial charge in [-0.1, -0.05) is 23.7 Å². The SMILES string of the molecule is CC(C)Oc1c(Cl)cccc1CCN.CN. The van der Waals surface area contributed by atoms with Crippen molar-refractivity contribution in [3.8, 4) is 5.75 Å². The lowest BCUT2D eigenvalue weighted by molar-refractivity contribution is 0.240. The lowest BCUT2D eigenvalue weighted by Gasteiger charge is -2.15. The Labute approximate surface area is 103 Å². The summed E-state index contributed by atoms with van der Waals surface area (Å²) in [6.07, 6.45) is 0.925. The molecule has 0 atom stereocenters. The third kappa shape index (κ3) is 4.84. The molecule has 1 rings (SSSR count). The first kappa shape index (κ1) is 15.2. The third-order valence-corrected chi connectivity index (χ3v) is 2.11. The van der Waals surface area contributed by atoms with Gasteiger partial charge in [0, 0.05) is 0 Å². The molecule has 0 radical (unpaired) electrons. The molecule has 1 aromatic rings. The van der Waals surface area contributed by atoms with E-state index in [1.807, 2.05) is 32.0 Å². The minimum Gasteiger partial charge on any atom is -0.489 e. The molecule has 3 nitrogen and oxygen atoms in total. The van der Waals surface area contributed by atoms with Crippen LogP contribution in [-0.2, 0) is 6.42 Å². The fraction of sp³-hybridized carbons (Fsp3) is 0.500. The third-order valence-electron chi connectivity index (χ3n) is 1.82. The van der Waals surface area contributed by atoms with E-state index < -0.39 is 0 Å². The van der Waals surface area contributed by atoms with Gasteiger partial charge in [-0.3, -0.25) is 0 Å². The second-order valence-corrected chi connectivity index (χ2v) is 3.84. The van der Waals surface area contributed by atoms with Crippen molar-refractivity contribution in [2.45, 2.75) is 26.4 Å². The molecule has 0 fully saturated rings. The highest BCUT2D eigenvalue weighted by Gasteiger charge is 2.08. The number of nitrogens with two attached hydrogens (primary N) is 2. The summed E-state index contributed by atoms with van der Waals surface area (Å²) in [5, 5.41) is 0.657. The largest absolute Gasteiger partial charge is 0.489 e. The molecule has 16 heavy (non-hydrogen) atoms. The summed E-state index contributed by atoms with van der Waals surface area (Å²) in [6.45, 7) is 4.57. The summed E-state index contributed by atoms with van der Waals surface area (Å²) in [6, 6.07) is 5.75. The van der Waals surface area contributed by atoms with Crippen LogP contribution < -0.4 is 16.2 Å². The Balaban J connectivity index is 0.00000106. The van der Waals surface area contributed by atoms with E-state index in [1.165, 1.54) is 7.05 Å². The van der Waals surface area contributed by atoms with E-state index in [0.717, 1.165) is 17.7 Å². The Bertz CT molecular complexity index is 303. The highest BCUT2D eigenvalue weighted by atomic mass is 35.5. The van der Waals surface area contributed by atoms with Crippen LogP contribution in [0.4, 0.5) is 0 Å². The maximum atomic E-state index is 6.04. The summed E-state index contributed by atoms with van der Waals surface area (Å²) in [5.74, 6) is 0.773. The molecule has 0 spiro atoms. The van der Waals surface area contributed by atoms with Gasteiger partial charge in [0.05, 0.1) is 11.1 Å². The Hall–Kier alpha value is -0.770. The fourth-order valence-corrected chi connectivity index (χ4v) is 1.51. The molecule has 92 valence electrons. The Kier molecular flexibility index (Phi) is 7.99. The molecular weight excluding hydrogens is 224 g/mol. The molecule has 0 aliphatic rings. The quantitative estimate of drug-likeness (QED) is 0.854. The van der Waals surface area contributed by atoms with E-state index >= 15 is 0 Å². The van der Waals surface area contributed by atoms with Crippen molar-refractivity contribution in [2.24, 2.45) is 11.5 Å². The first-order valence-corrected chi connectivity index (χ1v) is 5.74. The molecule has 0 saturated carbocycles. The normalized spacial score (nSPS) is 9.69. The molecule has 4 heteroatoms. The van der Waals surface area contributed by atoms with E-state index in [4.69, 9.17) is 22.1 Å². The number of benzene rings is 1. The minimum absolute atomic E-state index is 0.131. The Morgan fingerprint density at radius 1 is 1.31 bits per heavy atom. The van der Waals surface area contributed by atoms with Crippen LogP contribution in [0.3, 0.4) is 0 Å². The second kappa shape index (κ2) is 8.39. The molecule has 0 aliphatic carbocycles. The summed E-state index contributed by atoms with van der Waals surface area (Å²) >= 11 is 6.04. The minimum atomic E-state index is 0.131. The number of hydrogen-bond donors (Lipinski definition) is 2. The smallest absolute Gasteiger partial charge is 0.141 e. The summed E-state index contributed by atoms with van der Waals surface area (Å²) in [5.41, 5.74) is 11.1. The van der Waals surface area contributed by atoms with Crippen molar-refractivity contribution in [2.75, 3.05) is 13.6 Å². The monoisotopic (exact) mass is 244 g/mol. The number of para-hydroxylation sites is 1. The van der Waals surface area contributed by atoms with Gasteiger partial charge in [-0.15, -0.1) is 0 Å². The van der Waals surface area contributed by atoms with Gasteiger partial charge in [-0.25, -0.2) is 0 Å². The number of hydrogen-bond acceptors (Lipinski definition) is 3. The van der Waals surface area contributed by atoms with Crippen LogP contribution in [-0.4, -0.2) is 19.7 Å². The van der Waals surface area contributed by atoms with Crippen LogP contribution in [0.25, 0.3) is 0 Å². The maximum Gasteiger partial charge on any atom is 0.141 e. The van der Waals surface area contributed by atoms with Crippen LogP contribution in [0.2, 0.25) is 5.02 Å². The molecule has 4 N–H and O–H groups in total. The van der Waals surface area contributed by atoms with Crippen molar-refractivity contribution >= 4 is 11.6 Å².